The maximum Gasteiger partial charge on any atom is 0.397 e. The van der Waals surface area contributed by atoms with Gasteiger partial charge >= 0.3 is 16.4 Å². The number of carbonyl (C=O) groups is 1. The molecule has 4 N–H and O–H groups in total. The van der Waals surface area contributed by atoms with Crippen LogP contribution in [0.3, 0.4) is 0 Å². The third kappa shape index (κ3) is 30.3. The summed E-state index contributed by atoms with van der Waals surface area (Å²) in [5.74, 6) is -0.410. The normalized spacial score (nSPS) is 20.8. The Bertz CT molecular complexity index is 1100. The molecule has 1 aliphatic heterocycles. The van der Waals surface area contributed by atoms with Gasteiger partial charge < -0.3 is 34.3 Å². The van der Waals surface area contributed by atoms with Crippen molar-refractivity contribution in [2.75, 3.05) is 26.4 Å². The maximum atomic E-state index is 12.8. The number of hydrogen-bond donors (Lipinski definition) is 4. The Hall–Kier alpha value is -1.42. The molecule has 0 amide bonds. The summed E-state index contributed by atoms with van der Waals surface area (Å²) in [6.45, 7) is 3.91. The van der Waals surface area contributed by atoms with Gasteiger partial charge in [-0.2, -0.15) is 8.42 Å². The first kappa shape index (κ1) is 53.6. The number of rotatable bonds is 39. The smallest absolute Gasteiger partial charge is 0.397 e. The zero-order chi connectivity index (χ0) is 41.8. The van der Waals surface area contributed by atoms with Crippen molar-refractivity contribution in [2.24, 2.45) is 0 Å². The molecule has 6 atom stereocenters. The van der Waals surface area contributed by atoms with Crippen LogP contribution in [0.4, 0.5) is 0 Å². The van der Waals surface area contributed by atoms with Crippen molar-refractivity contribution in [2.45, 2.75) is 224 Å². The second-order valence-electron chi connectivity index (χ2n) is 15.6. The fourth-order valence-electron chi connectivity index (χ4n) is 6.85. The largest absolute Gasteiger partial charge is 0.457 e. The van der Waals surface area contributed by atoms with Crippen molar-refractivity contribution in [3.8, 4) is 0 Å². The number of hydrogen-bond acceptors (Lipinski definition) is 11. The highest BCUT2D eigenvalue weighted by molar-refractivity contribution is 7.80. The monoisotopic (exact) mass is 835 g/mol. The lowest BCUT2D eigenvalue weighted by atomic mass is 9.99. The number of unbranched alkanes of at least 4 members (excludes halogenated alkanes) is 22. The summed E-state index contributed by atoms with van der Waals surface area (Å²) < 4.78 is 58.9. The number of carbonyl (C=O) groups excluding carboxylic acids is 1. The lowest BCUT2D eigenvalue weighted by Gasteiger charge is -2.41. The van der Waals surface area contributed by atoms with E-state index < -0.39 is 59.8 Å². The summed E-state index contributed by atoms with van der Waals surface area (Å²) >= 11 is 0. The Morgan fingerprint density at radius 2 is 1.14 bits per heavy atom. The van der Waals surface area contributed by atoms with Crippen LogP contribution in [0.1, 0.15) is 187 Å². The zero-order valence-electron chi connectivity index (χ0n) is 35.7. The van der Waals surface area contributed by atoms with Gasteiger partial charge in [-0.15, -0.1) is 0 Å². The summed E-state index contributed by atoms with van der Waals surface area (Å²) in [5.41, 5.74) is 0. The molecule has 1 rings (SSSR count). The first-order valence-electron chi connectivity index (χ1n) is 22.6. The van der Waals surface area contributed by atoms with Crippen molar-refractivity contribution >= 4 is 16.4 Å². The average molecular weight is 835 g/mol. The van der Waals surface area contributed by atoms with E-state index in [-0.39, 0.29) is 19.6 Å². The fourth-order valence-corrected chi connectivity index (χ4v) is 7.35. The van der Waals surface area contributed by atoms with Crippen LogP contribution in [0, 0.1) is 0 Å². The van der Waals surface area contributed by atoms with Crippen LogP contribution in [-0.4, -0.2) is 97.5 Å². The van der Waals surface area contributed by atoms with Crippen LogP contribution >= 0.6 is 0 Å². The first-order valence-corrected chi connectivity index (χ1v) is 24.0. The third-order valence-electron chi connectivity index (χ3n) is 10.3. The zero-order valence-corrected chi connectivity index (χ0v) is 36.5. The van der Waals surface area contributed by atoms with E-state index in [0.717, 1.165) is 64.2 Å². The highest BCUT2D eigenvalue weighted by atomic mass is 32.3. The predicted molar refractivity (Wildman–Crippen MR) is 225 cm³/mol. The number of aliphatic hydroxyl groups is 3. The number of allylic oxidation sites excluding steroid dienone is 4. The van der Waals surface area contributed by atoms with Crippen LogP contribution in [0.2, 0.25) is 0 Å². The summed E-state index contributed by atoms with van der Waals surface area (Å²) in [5, 5.41) is 30.6. The van der Waals surface area contributed by atoms with Crippen molar-refractivity contribution in [3.63, 3.8) is 0 Å². The van der Waals surface area contributed by atoms with Gasteiger partial charge in [0.05, 0.1) is 19.8 Å². The molecule has 0 bridgehead atoms. The van der Waals surface area contributed by atoms with E-state index in [1.807, 2.05) is 0 Å². The molecule has 0 saturated carbocycles. The Labute approximate surface area is 346 Å². The summed E-state index contributed by atoms with van der Waals surface area (Å²) in [7, 11) is -5.06. The topological polar surface area (TPSA) is 178 Å². The maximum absolute atomic E-state index is 12.8. The molecule has 0 radical (unpaired) electrons. The predicted octanol–water partition coefficient (Wildman–Crippen LogP) is 9.24. The van der Waals surface area contributed by atoms with Crippen molar-refractivity contribution in [1.29, 1.82) is 0 Å². The average Bonchev–Trinajstić information content (AvgIpc) is 3.18. The highest BCUT2D eigenvalue weighted by Gasteiger charge is 2.48. The minimum Gasteiger partial charge on any atom is -0.457 e. The van der Waals surface area contributed by atoms with Crippen LogP contribution in [0.15, 0.2) is 24.3 Å². The highest BCUT2D eigenvalue weighted by Crippen LogP contribution is 2.26. The Kier molecular flexibility index (Phi) is 34.3. The van der Waals surface area contributed by atoms with Gasteiger partial charge in [0.1, 0.15) is 30.5 Å². The van der Waals surface area contributed by atoms with E-state index in [2.05, 4.69) is 42.3 Å². The van der Waals surface area contributed by atoms with E-state index in [1.54, 1.807) is 0 Å². The molecule has 57 heavy (non-hydrogen) atoms. The van der Waals surface area contributed by atoms with E-state index in [4.69, 9.17) is 23.5 Å². The van der Waals surface area contributed by atoms with Gasteiger partial charge in [-0.25, -0.2) is 4.18 Å². The molecule has 1 aliphatic rings. The SMILES string of the molecule is CCC/C=C\CCCCCCCC(=O)OC(COCCCCCCCCCCCC/C=C\CCCCCCCC)COC1OC(CO)C(O)C(OS(=O)(=O)O)C1O. The molecule has 0 aromatic rings. The number of aliphatic hydroxyl groups excluding tert-OH is 3. The number of ether oxygens (including phenoxy) is 4. The molecule has 0 spiro atoms. The van der Waals surface area contributed by atoms with Gasteiger partial charge in [0.25, 0.3) is 0 Å². The molecule has 1 fully saturated rings. The lowest BCUT2D eigenvalue weighted by molar-refractivity contribution is -0.301. The van der Waals surface area contributed by atoms with Gasteiger partial charge in [-0.1, -0.05) is 147 Å². The Morgan fingerprint density at radius 3 is 1.65 bits per heavy atom. The standard InChI is InChI=1S/C44H82O12S/c1-3-5-7-9-11-13-15-16-17-18-19-20-21-22-23-24-26-28-30-32-34-52-36-38(54-40(46)33-31-29-27-25-14-12-10-8-6-4-2)37-53-44-42(48)43(56-57(49,50)51)41(47)39(35-45)55-44/h8,10,16-17,38-39,41-45,47-48H,3-7,9,11-15,18-37H2,1-2H3,(H,49,50,51)/b10-8-,17-16-. The summed E-state index contributed by atoms with van der Waals surface area (Å²) in [6.07, 6.45) is 30.8. The van der Waals surface area contributed by atoms with Gasteiger partial charge in [-0.05, 0) is 57.8 Å². The molecule has 0 aromatic carbocycles. The molecule has 13 heteroatoms. The van der Waals surface area contributed by atoms with Crippen molar-refractivity contribution < 1.29 is 56.2 Å². The molecule has 336 valence electrons. The molecule has 12 nitrogen and oxygen atoms in total. The van der Waals surface area contributed by atoms with Crippen LogP contribution in [0.25, 0.3) is 0 Å². The fraction of sp³-hybridized carbons (Fsp3) is 0.886. The number of esters is 1. The summed E-state index contributed by atoms with van der Waals surface area (Å²) in [6, 6.07) is 0. The quantitative estimate of drug-likeness (QED) is 0.0200. The van der Waals surface area contributed by atoms with Gasteiger partial charge in [0.2, 0.25) is 0 Å². The van der Waals surface area contributed by atoms with Gasteiger partial charge in [0.15, 0.2) is 6.29 Å². The second kappa shape index (κ2) is 36.4. The van der Waals surface area contributed by atoms with Crippen LogP contribution in [0.5, 0.6) is 0 Å². The van der Waals surface area contributed by atoms with Crippen LogP contribution in [-0.2, 0) is 38.3 Å². The first-order chi connectivity index (χ1) is 27.6. The Morgan fingerprint density at radius 1 is 0.649 bits per heavy atom. The minimum absolute atomic E-state index is 0.0338. The lowest BCUT2D eigenvalue weighted by Crippen LogP contribution is -2.60. The second-order valence-corrected chi connectivity index (χ2v) is 16.7. The van der Waals surface area contributed by atoms with Crippen LogP contribution < -0.4 is 0 Å². The van der Waals surface area contributed by atoms with E-state index in [1.165, 1.54) is 96.3 Å². The molecule has 1 saturated heterocycles. The third-order valence-corrected chi connectivity index (χ3v) is 10.7. The molecular formula is C44H82O12S. The van der Waals surface area contributed by atoms with Crippen molar-refractivity contribution in [1.82, 2.24) is 0 Å². The van der Waals surface area contributed by atoms with Gasteiger partial charge in [-0.3, -0.25) is 9.35 Å². The van der Waals surface area contributed by atoms with Crippen molar-refractivity contribution in [3.05, 3.63) is 24.3 Å². The van der Waals surface area contributed by atoms with E-state index in [0.29, 0.717) is 13.0 Å². The minimum atomic E-state index is -5.06. The molecule has 0 aromatic heterocycles. The summed E-state index contributed by atoms with van der Waals surface area (Å²) in [4.78, 5) is 12.8. The van der Waals surface area contributed by atoms with E-state index in [9.17, 15) is 28.5 Å². The van der Waals surface area contributed by atoms with Gasteiger partial charge in [0, 0.05) is 13.0 Å². The van der Waals surface area contributed by atoms with E-state index >= 15 is 0 Å². The molecule has 1 heterocycles. The Balaban J connectivity index is 2.37. The molecule has 0 aliphatic carbocycles. The molecular weight excluding hydrogens is 753 g/mol. The molecule has 6 unspecified atom stereocenters.